The van der Waals surface area contributed by atoms with Gasteiger partial charge in [0.2, 0.25) is 0 Å². The molecule has 0 bridgehead atoms. The van der Waals surface area contributed by atoms with Crippen molar-refractivity contribution in [2.24, 2.45) is 50.2 Å². The molecule has 26 heteroatoms. The van der Waals surface area contributed by atoms with Crippen molar-refractivity contribution in [3.05, 3.63) is 11.6 Å². The number of ether oxygens (including phenoxy) is 8. The molecule has 80 heavy (non-hydrogen) atoms. The van der Waals surface area contributed by atoms with Gasteiger partial charge in [0.25, 0.3) is 0 Å². The summed E-state index contributed by atoms with van der Waals surface area (Å²) < 4.78 is 46.3. The molecule has 0 amide bonds. The van der Waals surface area contributed by atoms with Crippen LogP contribution < -0.4 is 0 Å². The van der Waals surface area contributed by atoms with Crippen molar-refractivity contribution in [2.45, 2.75) is 235 Å². The molecular formula is C54H82O26. The normalized spacial score (nSPS) is 53.0. The second-order valence-corrected chi connectivity index (χ2v) is 26.2. The first-order chi connectivity index (χ1) is 37.2. The van der Waals surface area contributed by atoms with Gasteiger partial charge >= 0.3 is 17.9 Å². The fraction of sp³-hybridized carbons (Fsp3) is 0.889. The Bertz CT molecular complexity index is 2370. The molecule has 4 heterocycles. The van der Waals surface area contributed by atoms with Gasteiger partial charge in [0.05, 0.1) is 24.7 Å². The Kier molecular flexibility index (Phi) is 16.8. The van der Waals surface area contributed by atoms with Crippen molar-refractivity contribution in [1.82, 2.24) is 0 Å². The molecule has 5 aliphatic carbocycles. The fourth-order valence-electron chi connectivity index (χ4n) is 16.3. The van der Waals surface area contributed by atoms with Crippen molar-refractivity contribution in [1.29, 1.82) is 0 Å². The first-order valence-corrected chi connectivity index (χ1v) is 27.8. The van der Waals surface area contributed by atoms with Crippen LogP contribution in [0.25, 0.3) is 0 Å². The standard InChI is InChI=1S/C54H82O26/c1-49(2)25-8-11-54(7)41(22(57)16-20-21-17-51(4,48(71)72)13-12-50(21,3)14-15-53(20,54)6)52(25,5)10-9-26(49)75-47-39(30(61)29(60)38(78-47)42(67)68)79-46-35(66)32(63)37(40(80-46)43(69)70)77-45-34(65)31(62)36(24(19-56)74-45)76-44-33(64)28(59)27(58)23(18-55)73-44/h16,21,23-41,44-47,55-56,58-66H,8-15,17-19H2,1-7H3,(H,67,68)(H,69,70)(H,71,72)/t21?,23-,24-,25+,26+,27-,28+,29+,30+,31-,32-,33-,34-,35-,36-,37+,38+,39-,40+,41-,44-,45-,46-,47-,50-,51-,52+,53-,54-/m1/s1. The zero-order chi connectivity index (χ0) is 58.9. The van der Waals surface area contributed by atoms with Crippen molar-refractivity contribution < 1.29 is 129 Å². The van der Waals surface area contributed by atoms with Crippen LogP contribution in [0.1, 0.15) is 106 Å². The van der Waals surface area contributed by atoms with Gasteiger partial charge in [0.15, 0.2) is 43.2 Å². The van der Waals surface area contributed by atoms with E-state index in [9.17, 15) is 85.9 Å². The minimum atomic E-state index is -2.33. The minimum absolute atomic E-state index is 0.00275. The number of hydrogen-bond donors (Lipinski definition) is 14. The third-order valence-electron chi connectivity index (χ3n) is 21.4. The van der Waals surface area contributed by atoms with E-state index in [1.165, 1.54) is 0 Å². The summed E-state index contributed by atoms with van der Waals surface area (Å²) in [5.41, 5.74) is -2.36. The predicted octanol–water partition coefficient (Wildman–Crippen LogP) is -2.11. The number of carboxylic acids is 3. The second-order valence-electron chi connectivity index (χ2n) is 26.2. The Hall–Kier alpha value is -2.94. The summed E-state index contributed by atoms with van der Waals surface area (Å²) in [6.45, 7) is 12.7. The van der Waals surface area contributed by atoms with Gasteiger partial charge in [0, 0.05) is 5.92 Å². The molecule has 0 spiro atoms. The number of carbonyl (C=O) groups is 4. The van der Waals surface area contributed by atoms with E-state index in [0.717, 1.165) is 24.8 Å². The van der Waals surface area contributed by atoms with Crippen molar-refractivity contribution in [3.8, 4) is 0 Å². The van der Waals surface area contributed by atoms with E-state index in [-0.39, 0.29) is 29.5 Å². The van der Waals surface area contributed by atoms with Crippen LogP contribution in [0.4, 0.5) is 0 Å². The molecule has 14 N–H and O–H groups in total. The highest BCUT2D eigenvalue weighted by Gasteiger charge is 2.71. The summed E-state index contributed by atoms with van der Waals surface area (Å²) in [5.74, 6) is -5.09. The third kappa shape index (κ3) is 9.79. The van der Waals surface area contributed by atoms with Gasteiger partial charge in [-0.15, -0.1) is 0 Å². The Morgan fingerprint density at radius 3 is 1.68 bits per heavy atom. The number of hydrogen-bond acceptors (Lipinski definition) is 23. The van der Waals surface area contributed by atoms with Gasteiger partial charge in [-0.25, -0.2) is 9.59 Å². The molecular weight excluding hydrogens is 1060 g/mol. The van der Waals surface area contributed by atoms with E-state index < -0.39 is 193 Å². The zero-order valence-electron chi connectivity index (χ0n) is 45.9. The molecule has 0 aromatic rings. The van der Waals surface area contributed by atoms with E-state index in [1.807, 2.05) is 26.8 Å². The summed E-state index contributed by atoms with van der Waals surface area (Å²) in [7, 11) is 0. The van der Waals surface area contributed by atoms with Crippen molar-refractivity contribution >= 4 is 23.7 Å². The number of aliphatic carboxylic acids is 3. The number of rotatable bonds is 13. The van der Waals surface area contributed by atoms with E-state index in [0.29, 0.717) is 32.1 Å². The number of ketones is 1. The third-order valence-corrected chi connectivity index (χ3v) is 21.4. The van der Waals surface area contributed by atoms with Gasteiger partial charge in [-0.05, 0) is 110 Å². The Balaban J connectivity index is 0.919. The minimum Gasteiger partial charge on any atom is -0.481 e. The van der Waals surface area contributed by atoms with Crippen molar-refractivity contribution in [3.63, 3.8) is 0 Å². The van der Waals surface area contributed by atoms with Crippen LogP contribution in [-0.2, 0) is 57.1 Å². The van der Waals surface area contributed by atoms with Crippen LogP contribution in [0, 0.1) is 50.2 Å². The maximum Gasteiger partial charge on any atom is 0.335 e. The van der Waals surface area contributed by atoms with Crippen LogP contribution in [-0.4, -0.2) is 237 Å². The monoisotopic (exact) mass is 1150 g/mol. The van der Waals surface area contributed by atoms with Gasteiger partial charge in [-0.3, -0.25) is 9.59 Å². The maximum absolute atomic E-state index is 15.0. The summed E-state index contributed by atoms with van der Waals surface area (Å²) >= 11 is 0. The molecule has 8 fully saturated rings. The summed E-state index contributed by atoms with van der Waals surface area (Å²) in [6, 6.07) is 0. The van der Waals surface area contributed by atoms with Crippen LogP contribution in [0.3, 0.4) is 0 Å². The zero-order valence-corrected chi connectivity index (χ0v) is 45.9. The fourth-order valence-corrected chi connectivity index (χ4v) is 16.3. The van der Waals surface area contributed by atoms with E-state index >= 15 is 4.79 Å². The number of aliphatic hydroxyl groups is 11. The molecule has 0 radical (unpaired) electrons. The average molecular weight is 1150 g/mol. The van der Waals surface area contributed by atoms with Crippen LogP contribution in [0.5, 0.6) is 0 Å². The predicted molar refractivity (Wildman–Crippen MR) is 265 cm³/mol. The molecule has 9 rings (SSSR count). The molecule has 4 saturated heterocycles. The Morgan fingerprint density at radius 1 is 0.550 bits per heavy atom. The van der Waals surface area contributed by atoms with Crippen LogP contribution in [0.15, 0.2) is 11.6 Å². The SMILES string of the molecule is CC1(C)[C@@H](O[C@@H]2O[C@H](C(=O)O)[C@@H](O)[C@H](O)[C@H]2O[C@@H]2O[C@H](C(=O)O)[C@@H](O[C@H]3O[C@H](CO)[C@@H](O[C@H]4O[C@H](CO)[C@@H](O)[C@H](O)[C@H]4O)[C@H](O)[C@H]3O)[C@H](O)[C@H]2O)CC[C@]2(C)[C@H]3C(=O)C=C4C5C[C@](C)(C(=O)O)CC[C@]5(C)CC[C@@]4(C)[C@]3(C)CC[C@@H]12. The largest absolute Gasteiger partial charge is 0.481 e. The highest BCUT2D eigenvalue weighted by molar-refractivity contribution is 5.95. The topological polar surface area (TPSA) is 425 Å². The van der Waals surface area contributed by atoms with Gasteiger partial charge < -0.3 is 109 Å². The summed E-state index contributed by atoms with van der Waals surface area (Å²) in [6.07, 6.45) is -34.0. The van der Waals surface area contributed by atoms with E-state index in [1.54, 1.807) is 0 Å². The summed E-state index contributed by atoms with van der Waals surface area (Å²) in [4.78, 5) is 53.0. The molecule has 1 unspecified atom stereocenters. The number of allylic oxidation sites excluding steroid dienone is 2. The summed E-state index contributed by atoms with van der Waals surface area (Å²) in [5, 5.41) is 150. The first kappa shape index (κ1) is 61.6. The van der Waals surface area contributed by atoms with Gasteiger partial charge in [-0.2, -0.15) is 0 Å². The van der Waals surface area contributed by atoms with Gasteiger partial charge in [0.1, 0.15) is 85.5 Å². The van der Waals surface area contributed by atoms with Gasteiger partial charge in [-0.1, -0.05) is 47.1 Å². The quantitative estimate of drug-likeness (QED) is 0.0878. The average Bonchev–Trinajstić information content (AvgIpc) is 3.41. The second kappa shape index (κ2) is 21.8. The molecule has 4 saturated carbocycles. The smallest absolute Gasteiger partial charge is 0.335 e. The lowest BCUT2D eigenvalue weighted by molar-refractivity contribution is -0.390. The lowest BCUT2D eigenvalue weighted by Crippen LogP contribution is -2.68. The highest BCUT2D eigenvalue weighted by atomic mass is 16.8. The maximum atomic E-state index is 15.0. The molecule has 0 aromatic carbocycles. The molecule has 454 valence electrons. The van der Waals surface area contributed by atoms with E-state index in [4.69, 9.17) is 37.9 Å². The molecule has 29 atom stereocenters. The molecule has 4 aliphatic heterocycles. The lowest BCUT2D eigenvalue weighted by atomic mass is 9.33. The van der Waals surface area contributed by atoms with Crippen LogP contribution in [0.2, 0.25) is 0 Å². The van der Waals surface area contributed by atoms with E-state index in [2.05, 4.69) is 27.7 Å². The number of fused-ring (bicyclic) bond motifs is 7. The Labute approximate surface area is 461 Å². The number of carboxylic acid groups (broad SMARTS) is 3. The van der Waals surface area contributed by atoms with Crippen LogP contribution >= 0.6 is 0 Å². The number of carbonyl (C=O) groups excluding carboxylic acids is 1. The van der Waals surface area contributed by atoms with Crippen molar-refractivity contribution in [2.75, 3.05) is 13.2 Å². The number of aliphatic hydroxyl groups excluding tert-OH is 11. The molecule has 0 aromatic heterocycles. The molecule has 26 nitrogen and oxygen atoms in total. The first-order valence-electron chi connectivity index (χ1n) is 27.8. The lowest BCUT2D eigenvalue weighted by Gasteiger charge is -2.70. The highest BCUT2D eigenvalue weighted by Crippen LogP contribution is 2.75. The Morgan fingerprint density at radius 2 is 1.07 bits per heavy atom. The molecule has 9 aliphatic rings.